The maximum Gasteiger partial charge on any atom is 0.326 e. The molecule has 3 amide bonds. The number of imide groups is 1. The molecule has 1 aromatic heterocycles. The molecule has 0 saturated carbocycles. The monoisotopic (exact) mass is 481 g/mol. The molecule has 2 aliphatic heterocycles. The molecular formula is C23H19N3O7S. The van der Waals surface area contributed by atoms with Crippen LogP contribution in [0.4, 0.5) is 5.69 Å². The number of hydrogen-bond donors (Lipinski definition) is 0. The van der Waals surface area contributed by atoms with Crippen LogP contribution < -0.4 is 19.2 Å². The summed E-state index contributed by atoms with van der Waals surface area (Å²) in [6.07, 6.45) is 0.295. The average Bonchev–Trinajstić information content (AvgIpc) is 3.50. The number of hydrogen-bond acceptors (Lipinski definition) is 8. The van der Waals surface area contributed by atoms with Crippen LogP contribution in [0.1, 0.15) is 30.1 Å². The van der Waals surface area contributed by atoms with Crippen molar-refractivity contribution in [2.75, 3.05) is 18.3 Å². The molecule has 0 atom stereocenters. The Kier molecular flexibility index (Phi) is 5.62. The van der Waals surface area contributed by atoms with E-state index in [1.807, 2.05) is 0 Å². The molecule has 0 bridgehead atoms. The van der Waals surface area contributed by atoms with Gasteiger partial charge in [0.15, 0.2) is 16.3 Å². The van der Waals surface area contributed by atoms with Gasteiger partial charge in [0.2, 0.25) is 18.6 Å². The maximum atomic E-state index is 13.1. The van der Waals surface area contributed by atoms with Crippen molar-refractivity contribution in [1.82, 2.24) is 4.57 Å². The van der Waals surface area contributed by atoms with Gasteiger partial charge >= 0.3 is 5.97 Å². The van der Waals surface area contributed by atoms with Crippen LogP contribution in [0.2, 0.25) is 0 Å². The maximum absolute atomic E-state index is 13.1. The van der Waals surface area contributed by atoms with Gasteiger partial charge < -0.3 is 18.8 Å². The third-order valence-corrected chi connectivity index (χ3v) is 6.41. The Balaban J connectivity index is 1.56. The van der Waals surface area contributed by atoms with Crippen molar-refractivity contribution >= 4 is 50.9 Å². The Bertz CT molecular complexity index is 1410. The number of carbonyl (C=O) groups excluding carboxylic acids is 4. The summed E-state index contributed by atoms with van der Waals surface area (Å²) in [5.41, 5.74) is 1.19. The van der Waals surface area contributed by atoms with Gasteiger partial charge in [-0.25, -0.2) is 0 Å². The quantitative estimate of drug-likeness (QED) is 0.406. The van der Waals surface area contributed by atoms with Crippen LogP contribution >= 0.6 is 11.3 Å². The third-order valence-electron chi connectivity index (χ3n) is 5.37. The minimum absolute atomic E-state index is 0.110. The molecule has 2 aromatic carbocycles. The van der Waals surface area contributed by atoms with Gasteiger partial charge in [-0.2, -0.15) is 4.99 Å². The molecule has 10 nitrogen and oxygen atoms in total. The zero-order valence-corrected chi connectivity index (χ0v) is 18.9. The highest BCUT2D eigenvalue weighted by Gasteiger charge is 2.30. The summed E-state index contributed by atoms with van der Waals surface area (Å²) in [5, 5.41) is 0. The summed E-state index contributed by atoms with van der Waals surface area (Å²) < 4.78 is 18.3. The molecule has 0 radical (unpaired) electrons. The van der Waals surface area contributed by atoms with Gasteiger partial charge in [0.1, 0.15) is 6.54 Å². The van der Waals surface area contributed by atoms with E-state index in [1.54, 1.807) is 41.8 Å². The lowest BCUT2D eigenvalue weighted by Gasteiger charge is -2.14. The van der Waals surface area contributed by atoms with Gasteiger partial charge in [-0.1, -0.05) is 17.4 Å². The molecule has 174 valence electrons. The Hall–Kier alpha value is -3.99. The molecule has 34 heavy (non-hydrogen) atoms. The molecule has 1 saturated heterocycles. The number of nitrogens with zero attached hydrogens (tertiary/aromatic N) is 3. The van der Waals surface area contributed by atoms with E-state index in [9.17, 15) is 19.2 Å². The normalized spacial score (nSPS) is 15.4. The number of rotatable bonds is 5. The fourth-order valence-corrected chi connectivity index (χ4v) is 4.87. The molecular weight excluding hydrogens is 462 g/mol. The van der Waals surface area contributed by atoms with Gasteiger partial charge in [-0.05, 0) is 25.1 Å². The molecule has 1 fully saturated rings. The van der Waals surface area contributed by atoms with Crippen LogP contribution in [-0.2, 0) is 25.7 Å². The van der Waals surface area contributed by atoms with Crippen molar-refractivity contribution in [3.05, 3.63) is 46.8 Å². The SMILES string of the molecule is CCOC(=O)Cn1c(=NC(=O)c2cccc(N3C(=O)CCC3=O)c2)sc2cc3c(cc21)OCO3. The van der Waals surface area contributed by atoms with Crippen molar-refractivity contribution in [2.24, 2.45) is 4.99 Å². The first-order valence-corrected chi connectivity index (χ1v) is 11.4. The minimum Gasteiger partial charge on any atom is -0.465 e. The Morgan fingerprint density at radius 1 is 1.09 bits per heavy atom. The van der Waals surface area contributed by atoms with Gasteiger partial charge in [-0.3, -0.25) is 24.1 Å². The lowest BCUT2D eigenvalue weighted by atomic mass is 10.2. The van der Waals surface area contributed by atoms with Crippen LogP contribution in [0.5, 0.6) is 11.5 Å². The first-order chi connectivity index (χ1) is 16.4. The predicted octanol–water partition coefficient (Wildman–Crippen LogP) is 2.39. The van der Waals surface area contributed by atoms with Gasteiger partial charge in [0, 0.05) is 30.5 Å². The van der Waals surface area contributed by atoms with Crippen LogP contribution in [0.3, 0.4) is 0 Å². The van der Waals surface area contributed by atoms with Crippen LogP contribution in [-0.4, -0.2) is 41.7 Å². The number of anilines is 1. The fraction of sp³-hybridized carbons (Fsp3) is 0.261. The molecule has 0 unspecified atom stereocenters. The number of benzene rings is 2. The Morgan fingerprint density at radius 3 is 2.56 bits per heavy atom. The second-order valence-corrected chi connectivity index (χ2v) is 8.55. The first-order valence-electron chi connectivity index (χ1n) is 10.6. The summed E-state index contributed by atoms with van der Waals surface area (Å²) in [6.45, 7) is 1.90. The van der Waals surface area contributed by atoms with E-state index < -0.39 is 11.9 Å². The average molecular weight is 481 g/mol. The van der Waals surface area contributed by atoms with E-state index in [-0.39, 0.29) is 55.0 Å². The second kappa shape index (κ2) is 8.75. The number of carbonyl (C=O) groups is 4. The number of thiazole rings is 1. The van der Waals surface area contributed by atoms with E-state index in [1.165, 1.54) is 17.4 Å². The van der Waals surface area contributed by atoms with Gasteiger partial charge in [0.05, 0.1) is 22.5 Å². The lowest BCUT2D eigenvalue weighted by Crippen LogP contribution is -2.28. The van der Waals surface area contributed by atoms with E-state index in [4.69, 9.17) is 14.2 Å². The number of ether oxygens (including phenoxy) is 3. The Labute approximate surface area is 197 Å². The van der Waals surface area contributed by atoms with Crippen molar-refractivity contribution in [3.63, 3.8) is 0 Å². The highest BCUT2D eigenvalue weighted by molar-refractivity contribution is 7.16. The number of aromatic nitrogens is 1. The van der Waals surface area contributed by atoms with E-state index in [0.717, 1.165) is 9.60 Å². The zero-order valence-electron chi connectivity index (χ0n) is 18.1. The topological polar surface area (TPSA) is 116 Å². The summed E-state index contributed by atoms with van der Waals surface area (Å²) in [5.74, 6) is -0.551. The number of esters is 1. The largest absolute Gasteiger partial charge is 0.465 e. The summed E-state index contributed by atoms with van der Waals surface area (Å²) in [4.78, 5) is 55.1. The van der Waals surface area contributed by atoms with Crippen molar-refractivity contribution in [1.29, 1.82) is 0 Å². The van der Waals surface area contributed by atoms with E-state index >= 15 is 0 Å². The standard InChI is InChI=1S/C23H19N3O7S/c1-2-31-21(29)11-25-15-9-16-17(33-12-32-16)10-18(15)34-23(25)24-22(30)13-4-3-5-14(8-13)26-19(27)6-7-20(26)28/h3-5,8-10H,2,6-7,11-12H2,1H3. The third kappa shape index (κ3) is 3.94. The molecule has 3 aromatic rings. The van der Waals surface area contributed by atoms with Crippen molar-refractivity contribution in [2.45, 2.75) is 26.3 Å². The Morgan fingerprint density at radius 2 is 1.82 bits per heavy atom. The number of fused-ring (bicyclic) bond motifs is 2. The molecule has 5 rings (SSSR count). The summed E-state index contributed by atoms with van der Waals surface area (Å²) >= 11 is 1.22. The molecule has 2 aliphatic rings. The second-order valence-electron chi connectivity index (χ2n) is 7.54. The van der Waals surface area contributed by atoms with Crippen LogP contribution in [0, 0.1) is 0 Å². The van der Waals surface area contributed by atoms with Crippen molar-refractivity contribution < 1.29 is 33.4 Å². The highest BCUT2D eigenvalue weighted by Crippen LogP contribution is 2.37. The summed E-state index contributed by atoms with van der Waals surface area (Å²) in [7, 11) is 0. The molecule has 3 heterocycles. The molecule has 0 aliphatic carbocycles. The smallest absolute Gasteiger partial charge is 0.326 e. The highest BCUT2D eigenvalue weighted by atomic mass is 32.1. The molecule has 0 spiro atoms. The molecule has 11 heteroatoms. The number of amides is 3. The van der Waals surface area contributed by atoms with Crippen LogP contribution in [0.25, 0.3) is 10.2 Å². The lowest BCUT2D eigenvalue weighted by molar-refractivity contribution is -0.143. The predicted molar refractivity (Wildman–Crippen MR) is 121 cm³/mol. The first kappa shape index (κ1) is 21.8. The van der Waals surface area contributed by atoms with E-state index in [0.29, 0.717) is 22.7 Å². The zero-order chi connectivity index (χ0) is 23.8. The summed E-state index contributed by atoms with van der Waals surface area (Å²) in [6, 6.07) is 9.72. The van der Waals surface area contributed by atoms with E-state index in [2.05, 4.69) is 4.99 Å². The minimum atomic E-state index is -0.579. The van der Waals surface area contributed by atoms with Crippen molar-refractivity contribution in [3.8, 4) is 11.5 Å². The fourth-order valence-electron chi connectivity index (χ4n) is 3.83. The molecule has 0 N–H and O–H groups in total. The van der Waals surface area contributed by atoms with Crippen LogP contribution in [0.15, 0.2) is 41.4 Å². The van der Waals surface area contributed by atoms with Gasteiger partial charge in [0.25, 0.3) is 5.91 Å². The van der Waals surface area contributed by atoms with Gasteiger partial charge in [-0.15, -0.1) is 0 Å².